The van der Waals surface area contributed by atoms with Crippen LogP contribution in [0.25, 0.3) is 0 Å². The molecule has 0 radical (unpaired) electrons. The van der Waals surface area contributed by atoms with Crippen LogP contribution in [0.3, 0.4) is 0 Å². The lowest BCUT2D eigenvalue weighted by Gasteiger charge is -2.42. The summed E-state index contributed by atoms with van der Waals surface area (Å²) in [5.41, 5.74) is 1.52. The molecular formula is C20H28N4O3. The Hall–Kier alpha value is -2.41. The van der Waals surface area contributed by atoms with E-state index in [0.29, 0.717) is 25.2 Å². The summed E-state index contributed by atoms with van der Waals surface area (Å²) >= 11 is 0. The molecule has 2 aliphatic heterocycles. The molecule has 7 nitrogen and oxygen atoms in total. The maximum Gasteiger partial charge on any atom is 0.251 e. The van der Waals surface area contributed by atoms with Crippen LogP contribution in [-0.2, 0) is 16.1 Å². The van der Waals surface area contributed by atoms with Crippen molar-refractivity contribution >= 4 is 17.7 Å². The van der Waals surface area contributed by atoms with Gasteiger partial charge >= 0.3 is 0 Å². The summed E-state index contributed by atoms with van der Waals surface area (Å²) in [5, 5.41) is 2.88. The SMILES string of the molecule is CN(C)CCNC(=O)c1ccc(CN2CC(=O)N3CCCC[C@H]3C2=O)cc1. The first-order valence-corrected chi connectivity index (χ1v) is 9.56. The molecule has 3 rings (SSSR count). The van der Waals surface area contributed by atoms with Gasteiger partial charge in [0.25, 0.3) is 5.91 Å². The number of benzene rings is 1. The van der Waals surface area contributed by atoms with Gasteiger partial charge in [0.15, 0.2) is 0 Å². The Morgan fingerprint density at radius 1 is 1.19 bits per heavy atom. The molecule has 1 aromatic carbocycles. The molecule has 3 amide bonds. The van der Waals surface area contributed by atoms with Crippen molar-refractivity contribution in [3.63, 3.8) is 0 Å². The lowest BCUT2D eigenvalue weighted by atomic mass is 9.98. The fraction of sp³-hybridized carbons (Fsp3) is 0.550. The molecule has 7 heteroatoms. The third-order valence-corrected chi connectivity index (χ3v) is 5.18. The molecule has 2 saturated heterocycles. The van der Waals surface area contributed by atoms with Gasteiger partial charge in [-0.15, -0.1) is 0 Å². The molecular weight excluding hydrogens is 344 g/mol. The fourth-order valence-electron chi connectivity index (χ4n) is 3.64. The van der Waals surface area contributed by atoms with Crippen LogP contribution in [0, 0.1) is 0 Å². The van der Waals surface area contributed by atoms with Gasteiger partial charge in [0, 0.05) is 31.7 Å². The first-order chi connectivity index (χ1) is 13.0. The Balaban J connectivity index is 1.58. The van der Waals surface area contributed by atoms with E-state index in [1.807, 2.05) is 31.1 Å². The van der Waals surface area contributed by atoms with Crippen LogP contribution in [0.5, 0.6) is 0 Å². The molecule has 1 N–H and O–H groups in total. The minimum atomic E-state index is -0.290. The van der Waals surface area contributed by atoms with Crippen molar-refractivity contribution < 1.29 is 14.4 Å². The monoisotopic (exact) mass is 372 g/mol. The lowest BCUT2D eigenvalue weighted by Crippen LogP contribution is -2.60. The Morgan fingerprint density at radius 3 is 2.63 bits per heavy atom. The number of amides is 3. The predicted octanol–water partition coefficient (Wildman–Crippen LogP) is 0.701. The van der Waals surface area contributed by atoms with E-state index in [9.17, 15) is 14.4 Å². The van der Waals surface area contributed by atoms with Crippen molar-refractivity contribution in [1.29, 1.82) is 0 Å². The Bertz CT molecular complexity index is 702. The number of fused-ring (bicyclic) bond motifs is 1. The minimum absolute atomic E-state index is 0.0381. The average molecular weight is 372 g/mol. The quantitative estimate of drug-likeness (QED) is 0.798. The predicted molar refractivity (Wildman–Crippen MR) is 102 cm³/mol. The van der Waals surface area contributed by atoms with E-state index in [1.165, 1.54) is 0 Å². The molecule has 0 aromatic heterocycles. The third kappa shape index (κ3) is 4.66. The highest BCUT2D eigenvalue weighted by Gasteiger charge is 2.40. The van der Waals surface area contributed by atoms with E-state index < -0.39 is 0 Å². The highest BCUT2D eigenvalue weighted by atomic mass is 16.2. The van der Waals surface area contributed by atoms with Gasteiger partial charge in [-0.05, 0) is 51.1 Å². The molecule has 0 unspecified atom stereocenters. The van der Waals surface area contributed by atoms with E-state index in [4.69, 9.17) is 0 Å². The number of hydrogen-bond acceptors (Lipinski definition) is 4. The maximum atomic E-state index is 12.7. The normalized spacial score (nSPS) is 20.0. The van der Waals surface area contributed by atoms with E-state index in [1.54, 1.807) is 21.9 Å². The van der Waals surface area contributed by atoms with E-state index in [2.05, 4.69) is 5.32 Å². The van der Waals surface area contributed by atoms with Crippen molar-refractivity contribution in [2.24, 2.45) is 0 Å². The van der Waals surface area contributed by atoms with Crippen LogP contribution in [0.1, 0.15) is 35.2 Å². The minimum Gasteiger partial charge on any atom is -0.351 e. The molecule has 1 atom stereocenters. The second kappa shape index (κ2) is 8.52. The molecule has 2 heterocycles. The Morgan fingerprint density at radius 2 is 1.93 bits per heavy atom. The molecule has 1 aromatic rings. The molecule has 0 aliphatic carbocycles. The van der Waals surface area contributed by atoms with Gasteiger partial charge < -0.3 is 20.0 Å². The number of nitrogens with zero attached hydrogens (tertiary/aromatic N) is 3. The van der Waals surface area contributed by atoms with Crippen molar-refractivity contribution in [1.82, 2.24) is 20.0 Å². The zero-order valence-corrected chi connectivity index (χ0v) is 16.1. The topological polar surface area (TPSA) is 73.0 Å². The third-order valence-electron chi connectivity index (χ3n) is 5.18. The molecule has 2 aliphatic rings. The van der Waals surface area contributed by atoms with Crippen LogP contribution in [0.15, 0.2) is 24.3 Å². The number of piperazine rings is 1. The Kier molecular flexibility index (Phi) is 6.11. The second-order valence-corrected chi connectivity index (χ2v) is 7.55. The number of rotatable bonds is 6. The molecule has 27 heavy (non-hydrogen) atoms. The molecule has 2 fully saturated rings. The first kappa shape index (κ1) is 19.4. The lowest BCUT2D eigenvalue weighted by molar-refractivity contribution is -0.158. The summed E-state index contributed by atoms with van der Waals surface area (Å²) in [6, 6.07) is 6.95. The van der Waals surface area contributed by atoms with Gasteiger partial charge in [-0.25, -0.2) is 0 Å². The smallest absolute Gasteiger partial charge is 0.251 e. The number of piperidine rings is 1. The number of carbonyl (C=O) groups is 3. The zero-order chi connectivity index (χ0) is 19.4. The maximum absolute atomic E-state index is 12.7. The Labute approximate surface area is 160 Å². The summed E-state index contributed by atoms with van der Waals surface area (Å²) in [5.74, 6) is -0.0264. The van der Waals surface area contributed by atoms with Gasteiger partial charge in [0.05, 0.1) is 0 Å². The number of nitrogens with one attached hydrogen (secondary N) is 1. The summed E-state index contributed by atoms with van der Waals surface area (Å²) < 4.78 is 0. The van der Waals surface area contributed by atoms with Gasteiger partial charge in [0.2, 0.25) is 11.8 Å². The molecule has 0 spiro atoms. The van der Waals surface area contributed by atoms with Gasteiger partial charge in [0.1, 0.15) is 12.6 Å². The van der Waals surface area contributed by atoms with Gasteiger partial charge in [-0.3, -0.25) is 14.4 Å². The molecule has 146 valence electrons. The van der Waals surface area contributed by atoms with Gasteiger partial charge in [-0.2, -0.15) is 0 Å². The van der Waals surface area contributed by atoms with Crippen LogP contribution in [0.2, 0.25) is 0 Å². The molecule has 0 saturated carbocycles. The first-order valence-electron chi connectivity index (χ1n) is 9.56. The fourth-order valence-corrected chi connectivity index (χ4v) is 3.64. The number of carbonyl (C=O) groups excluding carboxylic acids is 3. The summed E-state index contributed by atoms with van der Waals surface area (Å²) in [4.78, 5) is 42.6. The zero-order valence-electron chi connectivity index (χ0n) is 16.1. The largest absolute Gasteiger partial charge is 0.351 e. The summed E-state index contributed by atoms with van der Waals surface area (Å²) in [7, 11) is 3.92. The molecule has 0 bridgehead atoms. The van der Waals surface area contributed by atoms with Crippen LogP contribution >= 0.6 is 0 Å². The van der Waals surface area contributed by atoms with E-state index in [0.717, 1.165) is 31.4 Å². The standard InChI is InChI=1S/C20H28N4O3/c1-22(2)12-10-21-19(26)16-8-6-15(7-9-16)13-23-14-18(25)24-11-4-3-5-17(24)20(23)27/h6-9,17H,3-5,10-14H2,1-2H3,(H,21,26)/t17-/m0/s1. The van der Waals surface area contributed by atoms with Crippen molar-refractivity contribution in [3.8, 4) is 0 Å². The van der Waals surface area contributed by atoms with Crippen LogP contribution in [0.4, 0.5) is 0 Å². The van der Waals surface area contributed by atoms with E-state index in [-0.39, 0.29) is 30.3 Å². The highest BCUT2D eigenvalue weighted by Crippen LogP contribution is 2.24. The number of likely N-dealkylation sites (N-methyl/N-ethyl adjacent to an activating group) is 1. The van der Waals surface area contributed by atoms with Crippen molar-refractivity contribution in [2.45, 2.75) is 31.8 Å². The second-order valence-electron chi connectivity index (χ2n) is 7.55. The highest BCUT2D eigenvalue weighted by molar-refractivity contribution is 5.95. The summed E-state index contributed by atoms with van der Waals surface area (Å²) in [6.07, 6.45) is 2.73. The number of hydrogen-bond donors (Lipinski definition) is 1. The van der Waals surface area contributed by atoms with E-state index >= 15 is 0 Å². The van der Waals surface area contributed by atoms with Crippen LogP contribution in [-0.4, -0.2) is 78.7 Å². The van der Waals surface area contributed by atoms with Gasteiger partial charge in [-0.1, -0.05) is 12.1 Å². The van der Waals surface area contributed by atoms with Crippen molar-refractivity contribution in [2.75, 3.05) is 40.3 Å². The summed E-state index contributed by atoms with van der Waals surface area (Å²) in [6.45, 7) is 2.61. The average Bonchev–Trinajstić information content (AvgIpc) is 2.66. The van der Waals surface area contributed by atoms with Crippen molar-refractivity contribution in [3.05, 3.63) is 35.4 Å². The van der Waals surface area contributed by atoms with Crippen LogP contribution < -0.4 is 5.32 Å².